The van der Waals surface area contributed by atoms with E-state index in [1.807, 2.05) is 0 Å². The van der Waals surface area contributed by atoms with Gasteiger partial charge in [-0.15, -0.1) is 0 Å². The lowest BCUT2D eigenvalue weighted by molar-refractivity contribution is 0.586. The molecule has 5 nitrogen and oxygen atoms in total. The molecule has 0 aliphatic rings. The molecular weight excluding hydrogens is 269 g/mol. The monoisotopic (exact) mass is 283 g/mol. The van der Waals surface area contributed by atoms with Gasteiger partial charge in [-0.2, -0.15) is 5.10 Å². The van der Waals surface area contributed by atoms with Crippen LogP contribution in [0, 0.1) is 5.82 Å². The standard InChI is InChI=1S/C12H14FN3O2S/c1-19(17,18)7-6-16-8-11(14)12(15-16)9-4-2-3-5-10(9)13/h2-5,8H,6-7,14H2,1H3. The van der Waals surface area contributed by atoms with Crippen LogP contribution in [0.3, 0.4) is 0 Å². The van der Waals surface area contributed by atoms with Gasteiger partial charge in [0.05, 0.1) is 18.0 Å². The van der Waals surface area contributed by atoms with Gasteiger partial charge in [0.15, 0.2) is 0 Å². The first-order valence-electron chi connectivity index (χ1n) is 5.62. The smallest absolute Gasteiger partial charge is 0.149 e. The quantitative estimate of drug-likeness (QED) is 0.918. The molecule has 102 valence electrons. The summed E-state index contributed by atoms with van der Waals surface area (Å²) < 4.78 is 37.2. The van der Waals surface area contributed by atoms with Gasteiger partial charge < -0.3 is 5.73 Å². The van der Waals surface area contributed by atoms with Gasteiger partial charge in [-0.25, -0.2) is 12.8 Å². The Kier molecular flexibility index (Phi) is 3.57. The first-order valence-corrected chi connectivity index (χ1v) is 7.68. The van der Waals surface area contributed by atoms with E-state index in [1.165, 1.54) is 16.9 Å². The SMILES string of the molecule is CS(=O)(=O)CCn1cc(N)c(-c2ccccc2F)n1. The molecule has 0 saturated heterocycles. The number of aromatic nitrogens is 2. The maximum atomic E-state index is 13.6. The summed E-state index contributed by atoms with van der Waals surface area (Å²) in [6.45, 7) is 0.192. The largest absolute Gasteiger partial charge is 0.396 e. The summed E-state index contributed by atoms with van der Waals surface area (Å²) in [5.74, 6) is -0.451. The van der Waals surface area contributed by atoms with Gasteiger partial charge in [-0.05, 0) is 12.1 Å². The molecule has 7 heteroatoms. The molecule has 2 N–H and O–H groups in total. The highest BCUT2D eigenvalue weighted by Crippen LogP contribution is 2.26. The Bertz CT molecular complexity index is 695. The lowest BCUT2D eigenvalue weighted by Crippen LogP contribution is -2.11. The maximum Gasteiger partial charge on any atom is 0.149 e. The zero-order chi connectivity index (χ0) is 14.0. The van der Waals surface area contributed by atoms with Crippen molar-refractivity contribution in [2.24, 2.45) is 0 Å². The third-order valence-corrected chi connectivity index (χ3v) is 3.53. The molecule has 0 bridgehead atoms. The number of nitrogens with zero attached hydrogens (tertiary/aromatic N) is 2. The van der Waals surface area contributed by atoms with E-state index in [0.717, 1.165) is 6.26 Å². The van der Waals surface area contributed by atoms with Crippen LogP contribution < -0.4 is 5.73 Å². The normalized spacial score (nSPS) is 11.7. The van der Waals surface area contributed by atoms with Gasteiger partial charge in [-0.1, -0.05) is 12.1 Å². The molecule has 0 atom stereocenters. The Labute approximate surface area is 110 Å². The predicted molar refractivity (Wildman–Crippen MR) is 71.7 cm³/mol. The molecule has 0 spiro atoms. The number of benzene rings is 1. The van der Waals surface area contributed by atoms with Crippen LogP contribution in [0.4, 0.5) is 10.1 Å². The fourth-order valence-electron chi connectivity index (χ4n) is 1.67. The second kappa shape index (κ2) is 5.00. The van der Waals surface area contributed by atoms with Crippen LogP contribution in [0.5, 0.6) is 0 Å². The zero-order valence-corrected chi connectivity index (χ0v) is 11.2. The van der Waals surface area contributed by atoms with Crippen molar-refractivity contribution in [1.29, 1.82) is 0 Å². The van der Waals surface area contributed by atoms with E-state index in [-0.39, 0.29) is 12.3 Å². The van der Waals surface area contributed by atoms with Crippen molar-refractivity contribution in [3.8, 4) is 11.3 Å². The van der Waals surface area contributed by atoms with Crippen LogP contribution in [-0.2, 0) is 16.4 Å². The Morgan fingerprint density at radius 1 is 1.37 bits per heavy atom. The fourth-order valence-corrected chi connectivity index (χ4v) is 2.19. The lowest BCUT2D eigenvalue weighted by atomic mass is 10.1. The average molecular weight is 283 g/mol. The lowest BCUT2D eigenvalue weighted by Gasteiger charge is -2.01. The second-order valence-electron chi connectivity index (χ2n) is 4.31. The second-order valence-corrected chi connectivity index (χ2v) is 6.57. The molecule has 0 aliphatic carbocycles. The van der Waals surface area contributed by atoms with E-state index >= 15 is 0 Å². The molecule has 0 saturated carbocycles. The number of halogens is 1. The molecule has 2 aromatic rings. The summed E-state index contributed by atoms with van der Waals surface area (Å²) >= 11 is 0. The Morgan fingerprint density at radius 3 is 2.68 bits per heavy atom. The molecule has 0 fully saturated rings. The highest BCUT2D eigenvalue weighted by atomic mass is 32.2. The van der Waals surface area contributed by atoms with E-state index in [2.05, 4.69) is 5.10 Å². The van der Waals surface area contributed by atoms with Crippen LogP contribution in [0.15, 0.2) is 30.5 Å². The van der Waals surface area contributed by atoms with E-state index in [1.54, 1.807) is 18.2 Å². The summed E-state index contributed by atoms with van der Waals surface area (Å²) in [5, 5.41) is 4.13. The Hall–Kier alpha value is -1.89. The van der Waals surface area contributed by atoms with Crippen LogP contribution in [0.25, 0.3) is 11.3 Å². The minimum Gasteiger partial charge on any atom is -0.396 e. The molecular formula is C12H14FN3O2S. The van der Waals surface area contributed by atoms with E-state index in [9.17, 15) is 12.8 Å². The highest BCUT2D eigenvalue weighted by molar-refractivity contribution is 7.90. The van der Waals surface area contributed by atoms with E-state index in [0.29, 0.717) is 16.9 Å². The molecule has 1 aromatic heterocycles. The average Bonchev–Trinajstić information content (AvgIpc) is 2.68. The number of anilines is 1. The summed E-state index contributed by atoms with van der Waals surface area (Å²) in [6, 6.07) is 6.17. The van der Waals surface area contributed by atoms with Gasteiger partial charge in [0.25, 0.3) is 0 Å². The number of aryl methyl sites for hydroxylation is 1. The minimum absolute atomic E-state index is 0.0369. The number of hydrogen-bond donors (Lipinski definition) is 1. The first-order chi connectivity index (χ1) is 8.87. The predicted octanol–water partition coefficient (Wildman–Crippen LogP) is 1.32. The molecule has 0 radical (unpaired) electrons. The molecule has 2 rings (SSSR count). The van der Waals surface area contributed by atoms with Crippen LogP contribution in [-0.4, -0.2) is 30.2 Å². The summed E-state index contributed by atoms with van der Waals surface area (Å²) in [4.78, 5) is 0. The first kappa shape index (κ1) is 13.5. The number of rotatable bonds is 4. The summed E-state index contributed by atoms with van der Waals surface area (Å²) in [5.41, 5.74) is 6.73. The maximum absolute atomic E-state index is 13.6. The van der Waals surface area contributed by atoms with Gasteiger partial charge in [0.2, 0.25) is 0 Å². The molecule has 1 aromatic carbocycles. The van der Waals surface area contributed by atoms with Crippen molar-refractivity contribution in [3.05, 3.63) is 36.3 Å². The third-order valence-electron chi connectivity index (χ3n) is 2.61. The van der Waals surface area contributed by atoms with Crippen LogP contribution >= 0.6 is 0 Å². The van der Waals surface area contributed by atoms with Crippen molar-refractivity contribution in [1.82, 2.24) is 9.78 Å². The molecule has 1 heterocycles. The van der Waals surface area contributed by atoms with Crippen molar-refractivity contribution in [3.63, 3.8) is 0 Å². The van der Waals surface area contributed by atoms with Gasteiger partial charge in [-0.3, -0.25) is 4.68 Å². The van der Waals surface area contributed by atoms with Crippen molar-refractivity contribution < 1.29 is 12.8 Å². The number of sulfone groups is 1. The highest BCUT2D eigenvalue weighted by Gasteiger charge is 2.13. The van der Waals surface area contributed by atoms with Crippen molar-refractivity contribution in [2.45, 2.75) is 6.54 Å². The Morgan fingerprint density at radius 2 is 2.05 bits per heavy atom. The third kappa shape index (κ3) is 3.31. The minimum atomic E-state index is -3.07. The number of nitrogens with two attached hydrogens (primary N) is 1. The van der Waals surface area contributed by atoms with Crippen molar-refractivity contribution in [2.75, 3.05) is 17.7 Å². The molecule has 0 unspecified atom stereocenters. The summed E-state index contributed by atoms with van der Waals surface area (Å²) in [7, 11) is -3.07. The fraction of sp³-hybridized carbons (Fsp3) is 0.250. The van der Waals surface area contributed by atoms with E-state index in [4.69, 9.17) is 5.73 Å². The number of nitrogen functional groups attached to an aromatic ring is 1. The molecule has 0 aliphatic heterocycles. The van der Waals surface area contributed by atoms with Crippen LogP contribution in [0.1, 0.15) is 0 Å². The summed E-state index contributed by atoms with van der Waals surface area (Å²) in [6.07, 6.45) is 2.66. The van der Waals surface area contributed by atoms with Gasteiger partial charge >= 0.3 is 0 Å². The zero-order valence-electron chi connectivity index (χ0n) is 10.4. The van der Waals surface area contributed by atoms with Gasteiger partial charge in [0.1, 0.15) is 21.3 Å². The van der Waals surface area contributed by atoms with Crippen molar-refractivity contribution >= 4 is 15.5 Å². The molecule has 19 heavy (non-hydrogen) atoms. The Balaban J connectivity index is 2.30. The topological polar surface area (TPSA) is 78.0 Å². The van der Waals surface area contributed by atoms with Crippen LogP contribution in [0.2, 0.25) is 0 Å². The number of hydrogen-bond acceptors (Lipinski definition) is 4. The van der Waals surface area contributed by atoms with E-state index < -0.39 is 15.7 Å². The molecule has 0 amide bonds. The van der Waals surface area contributed by atoms with Gasteiger partial charge in [0, 0.05) is 18.0 Å².